The van der Waals surface area contributed by atoms with Crippen molar-refractivity contribution in [2.24, 2.45) is 22.6 Å². The minimum atomic E-state index is -1.01. The van der Waals surface area contributed by atoms with Crippen LogP contribution in [0.2, 0.25) is 0 Å². The van der Waals surface area contributed by atoms with Crippen molar-refractivity contribution in [1.29, 1.82) is 0 Å². The lowest BCUT2D eigenvalue weighted by atomic mass is 9.92. The van der Waals surface area contributed by atoms with Crippen LogP contribution in [0.25, 0.3) is 5.70 Å². The molecule has 1 aliphatic rings. The first-order valence-corrected chi connectivity index (χ1v) is 11.0. The molecule has 0 spiro atoms. The van der Waals surface area contributed by atoms with Crippen molar-refractivity contribution < 1.29 is 9.90 Å². The maximum Gasteiger partial charge on any atom is 0.335 e. The molecule has 4 rings (SSSR count). The molecule has 1 fully saturated rings. The van der Waals surface area contributed by atoms with Gasteiger partial charge < -0.3 is 20.7 Å². The van der Waals surface area contributed by atoms with Crippen LogP contribution in [0.15, 0.2) is 65.9 Å². The number of hydrogen-bond donors (Lipinski definition) is 3. The highest BCUT2D eigenvalue weighted by Gasteiger charge is 2.22. The Morgan fingerprint density at radius 2 is 1.91 bits per heavy atom. The number of H-pyrrole nitrogens is 1. The molecular formula is C25H28N6O2. The van der Waals surface area contributed by atoms with Gasteiger partial charge in [0.15, 0.2) is 11.6 Å². The number of carboxylic acids is 1. The maximum absolute atomic E-state index is 11.3. The second kappa shape index (κ2) is 9.68. The molecule has 2 atom stereocenters. The van der Waals surface area contributed by atoms with Crippen LogP contribution in [0.4, 0.5) is 11.6 Å². The van der Waals surface area contributed by atoms with Crippen LogP contribution >= 0.6 is 0 Å². The van der Waals surface area contributed by atoms with E-state index in [0.717, 1.165) is 18.9 Å². The third kappa shape index (κ3) is 5.46. The molecule has 4 N–H and O–H groups in total. The number of hydrogen-bond acceptors (Lipinski definition) is 6. The molecule has 2 unspecified atom stereocenters. The van der Waals surface area contributed by atoms with Crippen LogP contribution in [0.5, 0.6) is 0 Å². The van der Waals surface area contributed by atoms with Gasteiger partial charge in [0.05, 0.1) is 5.56 Å². The molecule has 0 radical (unpaired) electrons. The second-order valence-electron chi connectivity index (χ2n) is 8.63. The summed E-state index contributed by atoms with van der Waals surface area (Å²) in [5.41, 5.74) is 7.96. The van der Waals surface area contributed by atoms with E-state index in [2.05, 4.69) is 28.7 Å². The lowest BCUT2D eigenvalue weighted by molar-refractivity contribution is 0.0697. The SMILES string of the molecule is CC1CC(C)CN(c2cccc(N=C(/C=C(\N)c3cccc(C(=O)O)c3)c3ncc[nH]3)n2)C1. The van der Waals surface area contributed by atoms with Gasteiger partial charge >= 0.3 is 5.97 Å². The number of carboxylic acid groups (broad SMARTS) is 1. The number of aromatic nitrogens is 3. The minimum Gasteiger partial charge on any atom is -0.478 e. The Morgan fingerprint density at radius 3 is 2.61 bits per heavy atom. The number of imidazole rings is 1. The predicted molar refractivity (Wildman–Crippen MR) is 130 cm³/mol. The molecule has 33 heavy (non-hydrogen) atoms. The Hall–Kier alpha value is -3.94. The summed E-state index contributed by atoms with van der Waals surface area (Å²) < 4.78 is 0. The lowest BCUT2D eigenvalue weighted by Gasteiger charge is -2.35. The largest absolute Gasteiger partial charge is 0.478 e. The van der Waals surface area contributed by atoms with Gasteiger partial charge in [-0.15, -0.1) is 0 Å². The van der Waals surface area contributed by atoms with Crippen LogP contribution in [-0.4, -0.2) is 44.8 Å². The predicted octanol–water partition coefficient (Wildman–Crippen LogP) is 4.11. The van der Waals surface area contributed by atoms with Crippen molar-refractivity contribution in [3.05, 3.63) is 77.9 Å². The number of nitrogens with one attached hydrogen (secondary N) is 1. The van der Waals surface area contributed by atoms with Gasteiger partial charge in [0.25, 0.3) is 0 Å². The van der Waals surface area contributed by atoms with E-state index >= 15 is 0 Å². The second-order valence-corrected chi connectivity index (χ2v) is 8.63. The summed E-state index contributed by atoms with van der Waals surface area (Å²) in [4.78, 5) is 30.5. The topological polar surface area (TPSA) is 120 Å². The monoisotopic (exact) mass is 444 g/mol. The standard InChI is InChI=1S/C25H28N6O2/c1-16-11-17(2)15-31(14-16)23-8-4-7-22(30-23)29-21(24-27-9-10-28-24)13-20(26)18-5-3-6-19(12-18)25(32)33/h3-10,12-13,16-17H,11,14-15,26H2,1-2H3,(H,27,28)(H,32,33)/b20-13-,29-21?. The smallest absolute Gasteiger partial charge is 0.335 e. The number of nitrogens with two attached hydrogens (primary N) is 1. The Kier molecular flexibility index (Phi) is 6.53. The molecular weight excluding hydrogens is 416 g/mol. The van der Waals surface area contributed by atoms with Crippen LogP contribution in [0, 0.1) is 11.8 Å². The number of aliphatic imine (C=N–C) groups is 1. The number of allylic oxidation sites excluding steroid dienone is 1. The van der Waals surface area contributed by atoms with E-state index in [0.29, 0.717) is 40.5 Å². The van der Waals surface area contributed by atoms with Crippen molar-refractivity contribution in [2.45, 2.75) is 20.3 Å². The third-order valence-corrected chi connectivity index (χ3v) is 5.62. The summed E-state index contributed by atoms with van der Waals surface area (Å²) in [6.45, 7) is 6.49. The summed E-state index contributed by atoms with van der Waals surface area (Å²) in [6, 6.07) is 12.3. The number of anilines is 1. The Bertz CT molecular complexity index is 1180. The summed E-state index contributed by atoms with van der Waals surface area (Å²) in [5, 5.41) is 9.27. The fourth-order valence-corrected chi connectivity index (χ4v) is 4.25. The normalized spacial score (nSPS) is 19.5. The molecule has 1 saturated heterocycles. The first-order valence-electron chi connectivity index (χ1n) is 11.0. The first kappa shape index (κ1) is 22.3. The number of benzene rings is 1. The Labute approximate surface area is 192 Å². The van der Waals surface area contributed by atoms with E-state index < -0.39 is 5.97 Å². The van der Waals surface area contributed by atoms with Gasteiger partial charge in [-0.3, -0.25) is 0 Å². The van der Waals surface area contributed by atoms with Gasteiger partial charge in [-0.05, 0) is 54.2 Å². The van der Waals surface area contributed by atoms with Gasteiger partial charge in [-0.1, -0.05) is 32.0 Å². The van der Waals surface area contributed by atoms with E-state index in [9.17, 15) is 9.90 Å². The van der Waals surface area contributed by atoms with Gasteiger partial charge in [-0.25, -0.2) is 19.8 Å². The number of piperidine rings is 1. The van der Waals surface area contributed by atoms with E-state index in [1.165, 1.54) is 18.6 Å². The average molecular weight is 445 g/mol. The number of carbonyl (C=O) groups is 1. The van der Waals surface area contributed by atoms with Gasteiger partial charge in [-0.2, -0.15) is 0 Å². The maximum atomic E-state index is 11.3. The fourth-order valence-electron chi connectivity index (χ4n) is 4.25. The zero-order chi connectivity index (χ0) is 23.4. The molecule has 0 saturated carbocycles. The molecule has 3 aromatic rings. The van der Waals surface area contributed by atoms with Gasteiger partial charge in [0, 0.05) is 31.2 Å². The molecule has 1 aromatic carbocycles. The number of aromatic carboxylic acids is 1. The summed E-state index contributed by atoms with van der Waals surface area (Å²) in [5.74, 6) is 2.22. The van der Waals surface area contributed by atoms with Gasteiger partial charge in [0.1, 0.15) is 11.5 Å². The van der Waals surface area contributed by atoms with Crippen molar-refractivity contribution in [3.8, 4) is 0 Å². The molecule has 2 aromatic heterocycles. The Morgan fingerprint density at radius 1 is 1.18 bits per heavy atom. The quantitative estimate of drug-likeness (QED) is 0.492. The van der Waals surface area contributed by atoms with Crippen molar-refractivity contribution in [3.63, 3.8) is 0 Å². The Balaban J connectivity index is 1.69. The van der Waals surface area contributed by atoms with Crippen LogP contribution in [-0.2, 0) is 0 Å². The lowest BCUT2D eigenvalue weighted by Crippen LogP contribution is -2.39. The summed E-state index contributed by atoms with van der Waals surface area (Å²) >= 11 is 0. The van der Waals surface area contributed by atoms with E-state index in [4.69, 9.17) is 15.7 Å². The number of rotatable bonds is 6. The molecule has 3 heterocycles. The summed E-state index contributed by atoms with van der Waals surface area (Å²) in [7, 11) is 0. The third-order valence-electron chi connectivity index (χ3n) is 5.62. The van der Waals surface area contributed by atoms with Crippen molar-refractivity contribution in [1.82, 2.24) is 15.0 Å². The summed E-state index contributed by atoms with van der Waals surface area (Å²) in [6.07, 6.45) is 6.25. The van der Waals surface area contributed by atoms with E-state index in [1.54, 1.807) is 30.6 Å². The molecule has 0 bridgehead atoms. The zero-order valence-corrected chi connectivity index (χ0v) is 18.8. The van der Waals surface area contributed by atoms with E-state index in [-0.39, 0.29) is 5.56 Å². The van der Waals surface area contributed by atoms with E-state index in [1.807, 2.05) is 18.2 Å². The van der Waals surface area contributed by atoms with Gasteiger partial charge in [0.2, 0.25) is 0 Å². The molecule has 8 heteroatoms. The number of pyridine rings is 1. The molecule has 0 aliphatic carbocycles. The van der Waals surface area contributed by atoms with Crippen LogP contribution in [0.3, 0.4) is 0 Å². The highest BCUT2D eigenvalue weighted by Crippen LogP contribution is 2.26. The average Bonchev–Trinajstić information content (AvgIpc) is 3.33. The first-order chi connectivity index (χ1) is 15.9. The fraction of sp³-hybridized carbons (Fsp3) is 0.280. The molecule has 8 nitrogen and oxygen atoms in total. The van der Waals surface area contributed by atoms with Crippen molar-refractivity contribution in [2.75, 3.05) is 18.0 Å². The highest BCUT2D eigenvalue weighted by molar-refractivity contribution is 6.10. The highest BCUT2D eigenvalue weighted by atomic mass is 16.4. The van der Waals surface area contributed by atoms with Crippen molar-refractivity contribution >= 4 is 29.0 Å². The zero-order valence-electron chi connectivity index (χ0n) is 18.8. The number of aromatic amines is 1. The molecule has 1 aliphatic heterocycles. The molecule has 0 amide bonds. The van der Waals surface area contributed by atoms with Crippen LogP contribution < -0.4 is 10.6 Å². The minimum absolute atomic E-state index is 0.166. The number of nitrogens with zero attached hydrogens (tertiary/aromatic N) is 4. The van der Waals surface area contributed by atoms with Crippen LogP contribution in [0.1, 0.15) is 42.0 Å². The molecule has 170 valence electrons.